The topological polar surface area (TPSA) is 38.0 Å². The van der Waals surface area contributed by atoms with Crippen LogP contribution in [0.1, 0.15) is 37.8 Å². The van der Waals surface area contributed by atoms with Crippen LogP contribution in [0.4, 0.5) is 4.39 Å². The van der Waals surface area contributed by atoms with E-state index in [9.17, 15) is 4.39 Å². The summed E-state index contributed by atoms with van der Waals surface area (Å²) in [5.74, 6) is 0.609. The molecule has 0 heterocycles. The molecule has 3 N–H and O–H groups in total. The summed E-state index contributed by atoms with van der Waals surface area (Å²) in [7, 11) is 0. The van der Waals surface area contributed by atoms with Crippen LogP contribution in [-0.2, 0) is 0 Å². The third kappa shape index (κ3) is 3.27. The van der Waals surface area contributed by atoms with Crippen molar-refractivity contribution in [1.82, 2.24) is 5.32 Å². The van der Waals surface area contributed by atoms with Crippen molar-refractivity contribution in [2.24, 2.45) is 11.7 Å². The molecular weight excluding hydrogens is 215 g/mol. The van der Waals surface area contributed by atoms with Crippen molar-refractivity contribution in [1.29, 1.82) is 0 Å². The van der Waals surface area contributed by atoms with Crippen molar-refractivity contribution >= 4 is 0 Å². The lowest BCUT2D eigenvalue weighted by molar-refractivity contribution is 0.434. The predicted molar refractivity (Wildman–Crippen MR) is 68.1 cm³/mol. The molecule has 2 nitrogen and oxygen atoms in total. The first-order valence-electron chi connectivity index (χ1n) is 6.40. The second-order valence-corrected chi connectivity index (χ2v) is 5.12. The van der Waals surface area contributed by atoms with E-state index in [4.69, 9.17) is 5.73 Å². The highest BCUT2D eigenvalue weighted by Crippen LogP contribution is 2.26. The number of hydrogen-bond donors (Lipinski definition) is 2. The predicted octanol–water partition coefficient (Wildman–Crippen LogP) is 2.60. The van der Waals surface area contributed by atoms with Gasteiger partial charge < -0.3 is 11.1 Å². The van der Waals surface area contributed by atoms with E-state index in [1.807, 2.05) is 12.1 Å². The summed E-state index contributed by atoms with van der Waals surface area (Å²) in [5.41, 5.74) is 6.88. The molecular formula is C14H21FN2. The normalized spacial score (nSPS) is 26.1. The molecule has 1 fully saturated rings. The first kappa shape index (κ1) is 12.5. The fraction of sp³-hybridized carbons (Fsp3) is 0.571. The van der Waals surface area contributed by atoms with Gasteiger partial charge in [-0.25, -0.2) is 4.39 Å². The lowest BCUT2D eigenvalue weighted by Gasteiger charge is -2.22. The number of halogens is 1. The molecule has 1 aromatic carbocycles. The van der Waals surface area contributed by atoms with Gasteiger partial charge in [0.25, 0.3) is 0 Å². The van der Waals surface area contributed by atoms with Gasteiger partial charge in [0.15, 0.2) is 0 Å². The van der Waals surface area contributed by atoms with E-state index >= 15 is 0 Å². The molecule has 0 aromatic heterocycles. The fourth-order valence-electron chi connectivity index (χ4n) is 2.64. The maximum Gasteiger partial charge on any atom is 0.123 e. The molecule has 94 valence electrons. The smallest absolute Gasteiger partial charge is 0.123 e. The summed E-state index contributed by atoms with van der Waals surface area (Å²) in [6, 6.07) is 7.33. The minimum absolute atomic E-state index is 0.144. The second kappa shape index (κ2) is 5.61. The molecule has 0 spiro atoms. The molecule has 1 aromatic rings. The van der Waals surface area contributed by atoms with Crippen molar-refractivity contribution in [2.45, 2.75) is 38.3 Å². The van der Waals surface area contributed by atoms with Crippen molar-refractivity contribution in [2.75, 3.05) is 6.54 Å². The Morgan fingerprint density at radius 2 is 2.06 bits per heavy atom. The summed E-state index contributed by atoms with van der Waals surface area (Å²) in [6.45, 7) is 2.84. The lowest BCUT2D eigenvalue weighted by atomic mass is 10.0. The molecule has 0 radical (unpaired) electrons. The largest absolute Gasteiger partial charge is 0.329 e. The Hall–Kier alpha value is -0.930. The SMILES string of the molecule is CC1CCC(NC(CN)c2ccc(F)cc2)C1. The third-order valence-electron chi connectivity index (χ3n) is 3.64. The standard InChI is InChI=1S/C14H21FN2/c1-10-2-7-13(8-10)17-14(9-16)11-3-5-12(15)6-4-11/h3-6,10,13-14,17H,2,7-9,16H2,1H3. The maximum atomic E-state index is 12.9. The highest BCUT2D eigenvalue weighted by Gasteiger charge is 2.23. The van der Waals surface area contributed by atoms with Crippen LogP contribution < -0.4 is 11.1 Å². The second-order valence-electron chi connectivity index (χ2n) is 5.12. The van der Waals surface area contributed by atoms with Crippen molar-refractivity contribution in [3.05, 3.63) is 35.6 Å². The Kier molecular flexibility index (Phi) is 4.13. The van der Waals surface area contributed by atoms with E-state index in [-0.39, 0.29) is 11.9 Å². The highest BCUT2D eigenvalue weighted by molar-refractivity contribution is 5.20. The van der Waals surface area contributed by atoms with Gasteiger partial charge in [-0.15, -0.1) is 0 Å². The van der Waals surface area contributed by atoms with E-state index in [1.54, 1.807) is 0 Å². The van der Waals surface area contributed by atoms with Gasteiger partial charge in [-0.3, -0.25) is 0 Å². The van der Waals surface area contributed by atoms with Crippen LogP contribution in [0.25, 0.3) is 0 Å². The van der Waals surface area contributed by atoms with Crippen LogP contribution >= 0.6 is 0 Å². The zero-order valence-electron chi connectivity index (χ0n) is 10.3. The minimum atomic E-state index is -0.195. The van der Waals surface area contributed by atoms with E-state index < -0.39 is 0 Å². The van der Waals surface area contributed by atoms with Gasteiger partial charge in [0.1, 0.15) is 5.82 Å². The van der Waals surface area contributed by atoms with Crippen LogP contribution in [0.5, 0.6) is 0 Å². The van der Waals surface area contributed by atoms with E-state index in [0.29, 0.717) is 12.6 Å². The van der Waals surface area contributed by atoms with Gasteiger partial charge in [-0.2, -0.15) is 0 Å². The summed E-state index contributed by atoms with van der Waals surface area (Å²) in [6.07, 6.45) is 3.73. The summed E-state index contributed by atoms with van der Waals surface area (Å²) in [5, 5.41) is 3.58. The van der Waals surface area contributed by atoms with Gasteiger partial charge in [-0.05, 0) is 42.9 Å². The lowest BCUT2D eigenvalue weighted by Crippen LogP contribution is -2.35. The molecule has 17 heavy (non-hydrogen) atoms. The Bertz CT molecular complexity index is 350. The zero-order chi connectivity index (χ0) is 12.3. The van der Waals surface area contributed by atoms with Crippen LogP contribution in [0, 0.1) is 11.7 Å². The van der Waals surface area contributed by atoms with Crippen LogP contribution in [-0.4, -0.2) is 12.6 Å². The number of nitrogens with one attached hydrogen (secondary N) is 1. The van der Waals surface area contributed by atoms with Crippen LogP contribution in [0.15, 0.2) is 24.3 Å². The van der Waals surface area contributed by atoms with Gasteiger partial charge in [0.05, 0.1) is 0 Å². The summed E-state index contributed by atoms with van der Waals surface area (Å²) < 4.78 is 12.9. The summed E-state index contributed by atoms with van der Waals surface area (Å²) in [4.78, 5) is 0. The quantitative estimate of drug-likeness (QED) is 0.843. The molecule has 2 rings (SSSR count). The van der Waals surface area contributed by atoms with E-state index in [1.165, 1.54) is 31.4 Å². The molecule has 0 bridgehead atoms. The Morgan fingerprint density at radius 1 is 1.35 bits per heavy atom. The fourth-order valence-corrected chi connectivity index (χ4v) is 2.64. The van der Waals surface area contributed by atoms with Crippen molar-refractivity contribution < 1.29 is 4.39 Å². The number of hydrogen-bond acceptors (Lipinski definition) is 2. The monoisotopic (exact) mass is 236 g/mol. The highest BCUT2D eigenvalue weighted by atomic mass is 19.1. The number of benzene rings is 1. The Labute approximate surface area is 102 Å². The number of rotatable bonds is 4. The average molecular weight is 236 g/mol. The molecule has 0 saturated heterocycles. The molecule has 0 aliphatic heterocycles. The molecule has 3 unspecified atom stereocenters. The summed E-state index contributed by atoms with van der Waals surface area (Å²) >= 11 is 0. The zero-order valence-corrected chi connectivity index (χ0v) is 10.3. The van der Waals surface area contributed by atoms with Crippen LogP contribution in [0.3, 0.4) is 0 Å². The first-order valence-corrected chi connectivity index (χ1v) is 6.40. The molecule has 1 saturated carbocycles. The van der Waals surface area contributed by atoms with Gasteiger partial charge in [-0.1, -0.05) is 19.1 Å². The van der Waals surface area contributed by atoms with Gasteiger partial charge in [0, 0.05) is 18.6 Å². The Morgan fingerprint density at radius 3 is 2.59 bits per heavy atom. The molecule has 3 heteroatoms. The average Bonchev–Trinajstić information content (AvgIpc) is 2.73. The van der Waals surface area contributed by atoms with Crippen molar-refractivity contribution in [3.63, 3.8) is 0 Å². The third-order valence-corrected chi connectivity index (χ3v) is 3.64. The minimum Gasteiger partial charge on any atom is -0.329 e. The van der Waals surface area contributed by atoms with Gasteiger partial charge >= 0.3 is 0 Å². The molecule has 0 amide bonds. The van der Waals surface area contributed by atoms with Gasteiger partial charge in [0.2, 0.25) is 0 Å². The maximum absolute atomic E-state index is 12.9. The van der Waals surface area contributed by atoms with Crippen molar-refractivity contribution in [3.8, 4) is 0 Å². The van der Waals surface area contributed by atoms with E-state index in [0.717, 1.165) is 11.5 Å². The van der Waals surface area contributed by atoms with E-state index in [2.05, 4.69) is 12.2 Å². The Balaban J connectivity index is 1.98. The van der Waals surface area contributed by atoms with Crippen LogP contribution in [0.2, 0.25) is 0 Å². The molecule has 1 aliphatic rings. The number of nitrogens with two attached hydrogens (primary N) is 1. The molecule has 3 atom stereocenters. The molecule has 1 aliphatic carbocycles. The first-order chi connectivity index (χ1) is 8.19.